The largest absolute Gasteiger partial charge is 0.395 e. The van der Waals surface area contributed by atoms with Gasteiger partial charge in [0.15, 0.2) is 0 Å². The van der Waals surface area contributed by atoms with Gasteiger partial charge in [0.25, 0.3) is 0 Å². The quantitative estimate of drug-likeness (QED) is 0.624. The van der Waals surface area contributed by atoms with Crippen LogP contribution in [0.15, 0.2) is 0 Å². The van der Waals surface area contributed by atoms with E-state index in [1.807, 2.05) is 0 Å². The van der Waals surface area contributed by atoms with Gasteiger partial charge in [-0.1, -0.05) is 13.8 Å². The molecule has 0 aromatic heterocycles. The molecule has 0 aliphatic heterocycles. The third-order valence-electron chi connectivity index (χ3n) is 2.18. The van der Waals surface area contributed by atoms with E-state index in [-0.39, 0.29) is 0 Å². The van der Waals surface area contributed by atoms with E-state index in [4.69, 9.17) is 5.11 Å². The molecule has 0 aromatic rings. The maximum atomic E-state index is 8.99. The summed E-state index contributed by atoms with van der Waals surface area (Å²) in [6, 6.07) is 0.373. The number of hydrogen-bond acceptors (Lipinski definition) is 2. The summed E-state index contributed by atoms with van der Waals surface area (Å²) in [5.74, 6) is 1.45. The van der Waals surface area contributed by atoms with E-state index >= 15 is 0 Å². The Morgan fingerprint density at radius 1 is 1.45 bits per heavy atom. The van der Waals surface area contributed by atoms with Crippen LogP contribution in [-0.4, -0.2) is 24.3 Å². The van der Waals surface area contributed by atoms with Crippen LogP contribution in [-0.2, 0) is 0 Å². The molecule has 1 aliphatic rings. The molecule has 2 nitrogen and oxygen atoms in total. The average molecular weight is 157 g/mol. The van der Waals surface area contributed by atoms with Gasteiger partial charge in [0, 0.05) is 6.04 Å². The van der Waals surface area contributed by atoms with E-state index in [1.165, 1.54) is 12.8 Å². The van der Waals surface area contributed by atoms with Crippen LogP contribution in [0.2, 0.25) is 0 Å². The van der Waals surface area contributed by atoms with Gasteiger partial charge in [-0.05, 0) is 31.2 Å². The SMILES string of the molecule is CC(C)CNC(CO)C1CC1. The van der Waals surface area contributed by atoms with Gasteiger partial charge in [0.2, 0.25) is 0 Å². The highest BCUT2D eigenvalue weighted by Crippen LogP contribution is 2.32. The van der Waals surface area contributed by atoms with Crippen molar-refractivity contribution in [2.24, 2.45) is 11.8 Å². The van der Waals surface area contributed by atoms with Crippen molar-refractivity contribution in [2.45, 2.75) is 32.7 Å². The molecule has 11 heavy (non-hydrogen) atoms. The molecule has 1 aliphatic carbocycles. The van der Waals surface area contributed by atoms with E-state index in [1.54, 1.807) is 0 Å². The van der Waals surface area contributed by atoms with Gasteiger partial charge in [-0.3, -0.25) is 0 Å². The first-order valence-corrected chi connectivity index (χ1v) is 4.58. The van der Waals surface area contributed by atoms with E-state index < -0.39 is 0 Å². The van der Waals surface area contributed by atoms with Crippen LogP contribution in [0, 0.1) is 11.8 Å². The highest BCUT2D eigenvalue weighted by atomic mass is 16.3. The topological polar surface area (TPSA) is 32.3 Å². The van der Waals surface area contributed by atoms with Crippen LogP contribution in [0.25, 0.3) is 0 Å². The van der Waals surface area contributed by atoms with E-state index in [9.17, 15) is 0 Å². The van der Waals surface area contributed by atoms with Crippen LogP contribution < -0.4 is 5.32 Å². The molecule has 0 spiro atoms. The Labute approximate surface area is 69.0 Å². The lowest BCUT2D eigenvalue weighted by atomic mass is 10.1. The van der Waals surface area contributed by atoms with Crippen molar-refractivity contribution >= 4 is 0 Å². The van der Waals surface area contributed by atoms with Crippen molar-refractivity contribution in [3.8, 4) is 0 Å². The molecular formula is C9H19NO. The molecule has 0 radical (unpaired) electrons. The Hall–Kier alpha value is -0.0800. The molecule has 1 fully saturated rings. The standard InChI is InChI=1S/C9H19NO/c1-7(2)5-10-9(6-11)8-3-4-8/h7-11H,3-6H2,1-2H3. The van der Waals surface area contributed by atoms with Crippen LogP contribution in [0.4, 0.5) is 0 Å². The molecule has 0 heterocycles. The molecule has 0 saturated heterocycles. The molecule has 1 atom stereocenters. The van der Waals surface area contributed by atoms with Crippen LogP contribution in [0.5, 0.6) is 0 Å². The Morgan fingerprint density at radius 3 is 2.45 bits per heavy atom. The van der Waals surface area contributed by atoms with Gasteiger partial charge in [-0.25, -0.2) is 0 Å². The maximum absolute atomic E-state index is 8.99. The first-order valence-electron chi connectivity index (χ1n) is 4.58. The Kier molecular flexibility index (Phi) is 3.34. The van der Waals surface area contributed by atoms with Crippen molar-refractivity contribution in [3.63, 3.8) is 0 Å². The van der Waals surface area contributed by atoms with Crippen LogP contribution >= 0.6 is 0 Å². The Bertz CT molecular complexity index is 110. The number of aliphatic hydroxyl groups is 1. The predicted molar refractivity (Wildman–Crippen MR) is 46.4 cm³/mol. The summed E-state index contributed by atoms with van der Waals surface area (Å²) >= 11 is 0. The molecule has 0 bridgehead atoms. The summed E-state index contributed by atoms with van der Waals surface area (Å²) in [6.07, 6.45) is 2.60. The molecule has 1 unspecified atom stereocenters. The maximum Gasteiger partial charge on any atom is 0.0587 e. The minimum absolute atomic E-state index is 0.303. The van der Waals surface area contributed by atoms with Crippen LogP contribution in [0.1, 0.15) is 26.7 Å². The highest BCUT2D eigenvalue weighted by molar-refractivity contribution is 4.85. The van der Waals surface area contributed by atoms with Crippen molar-refractivity contribution in [1.29, 1.82) is 0 Å². The predicted octanol–water partition coefficient (Wildman–Crippen LogP) is 1.00. The molecular weight excluding hydrogens is 138 g/mol. The average Bonchev–Trinajstić information content (AvgIpc) is 2.72. The van der Waals surface area contributed by atoms with Gasteiger partial charge >= 0.3 is 0 Å². The third kappa shape index (κ3) is 3.21. The van der Waals surface area contributed by atoms with Gasteiger partial charge in [-0.15, -0.1) is 0 Å². The summed E-state index contributed by atoms with van der Waals surface area (Å²) in [6.45, 7) is 5.71. The first kappa shape index (κ1) is 9.01. The fourth-order valence-electron chi connectivity index (χ4n) is 1.27. The lowest BCUT2D eigenvalue weighted by molar-refractivity contribution is 0.225. The molecule has 1 rings (SSSR count). The smallest absolute Gasteiger partial charge is 0.0587 e. The summed E-state index contributed by atoms with van der Waals surface area (Å²) in [5, 5.41) is 12.4. The van der Waals surface area contributed by atoms with Crippen molar-refractivity contribution < 1.29 is 5.11 Å². The Morgan fingerprint density at radius 2 is 2.09 bits per heavy atom. The number of rotatable bonds is 5. The molecule has 66 valence electrons. The number of nitrogens with one attached hydrogen (secondary N) is 1. The van der Waals surface area contributed by atoms with Gasteiger partial charge in [0.1, 0.15) is 0 Å². The van der Waals surface area contributed by atoms with Gasteiger partial charge < -0.3 is 10.4 Å². The third-order valence-corrected chi connectivity index (χ3v) is 2.18. The fraction of sp³-hybridized carbons (Fsp3) is 1.00. The van der Waals surface area contributed by atoms with Crippen molar-refractivity contribution in [1.82, 2.24) is 5.32 Å². The zero-order chi connectivity index (χ0) is 8.27. The van der Waals surface area contributed by atoms with Crippen molar-refractivity contribution in [3.05, 3.63) is 0 Å². The summed E-state index contributed by atoms with van der Waals surface area (Å²) in [5.41, 5.74) is 0. The van der Waals surface area contributed by atoms with Gasteiger partial charge in [0.05, 0.1) is 6.61 Å². The highest BCUT2D eigenvalue weighted by Gasteiger charge is 2.30. The van der Waals surface area contributed by atoms with Crippen LogP contribution in [0.3, 0.4) is 0 Å². The normalized spacial score (nSPS) is 20.7. The van der Waals surface area contributed by atoms with Crippen molar-refractivity contribution in [2.75, 3.05) is 13.2 Å². The second kappa shape index (κ2) is 4.07. The molecule has 1 saturated carbocycles. The van der Waals surface area contributed by atoms with E-state index in [0.29, 0.717) is 18.6 Å². The molecule has 0 aromatic carbocycles. The molecule has 0 amide bonds. The lowest BCUT2D eigenvalue weighted by Gasteiger charge is -2.16. The lowest BCUT2D eigenvalue weighted by Crippen LogP contribution is -2.36. The molecule has 2 N–H and O–H groups in total. The van der Waals surface area contributed by atoms with E-state index in [0.717, 1.165) is 12.5 Å². The number of aliphatic hydroxyl groups excluding tert-OH is 1. The Balaban J connectivity index is 2.10. The summed E-state index contributed by atoms with van der Waals surface area (Å²) in [7, 11) is 0. The van der Waals surface area contributed by atoms with Gasteiger partial charge in [-0.2, -0.15) is 0 Å². The molecule has 2 heteroatoms. The van der Waals surface area contributed by atoms with E-state index in [2.05, 4.69) is 19.2 Å². The zero-order valence-electron chi connectivity index (χ0n) is 7.51. The fourth-order valence-corrected chi connectivity index (χ4v) is 1.27. The summed E-state index contributed by atoms with van der Waals surface area (Å²) in [4.78, 5) is 0. The number of hydrogen-bond donors (Lipinski definition) is 2. The zero-order valence-corrected chi connectivity index (χ0v) is 7.51. The second-order valence-electron chi connectivity index (χ2n) is 3.93. The minimum atomic E-state index is 0.303. The monoisotopic (exact) mass is 157 g/mol. The second-order valence-corrected chi connectivity index (χ2v) is 3.93. The summed E-state index contributed by atoms with van der Waals surface area (Å²) < 4.78 is 0. The first-order chi connectivity index (χ1) is 5.24. The minimum Gasteiger partial charge on any atom is -0.395 e.